The summed E-state index contributed by atoms with van der Waals surface area (Å²) in [6.45, 7) is 1.70. The van der Waals surface area contributed by atoms with E-state index in [-0.39, 0.29) is 4.84 Å². The number of alkyl halides is 2. The summed E-state index contributed by atoms with van der Waals surface area (Å²) in [5, 5.41) is 0. The highest BCUT2D eigenvalue weighted by Crippen LogP contribution is 1.98. The lowest BCUT2D eigenvalue weighted by atomic mass is 11.0. The van der Waals surface area contributed by atoms with Gasteiger partial charge in [-0.3, -0.25) is 0 Å². The van der Waals surface area contributed by atoms with Crippen molar-refractivity contribution in [3.63, 3.8) is 0 Å². The average Bonchev–Trinajstić information content (AvgIpc) is 1.19. The molecule has 58 valence electrons. The summed E-state index contributed by atoms with van der Waals surface area (Å²) in [6.07, 6.45) is 0. The summed E-state index contributed by atoms with van der Waals surface area (Å²) in [6, 6.07) is 0. The van der Waals surface area contributed by atoms with Gasteiger partial charge in [-0.25, -0.2) is 0 Å². The molecule has 0 bridgehead atoms. The van der Waals surface area contributed by atoms with Crippen LogP contribution in [0.5, 0.6) is 0 Å². The van der Waals surface area contributed by atoms with Crippen molar-refractivity contribution >= 4 is 52.8 Å². The fourth-order valence-electron chi connectivity index (χ4n) is 0. The van der Waals surface area contributed by atoms with Crippen LogP contribution in [-0.2, 0) is 8.26 Å². The Balaban J connectivity index is 0. The number of rotatable bonds is 0. The molecular formula is C2H4Cl4O2S. The minimum Gasteiger partial charge on any atom is -0.195 e. The molecule has 0 radical (unpaired) electrons. The molecule has 2 nitrogen and oxygen atoms in total. The Morgan fingerprint density at radius 3 is 1.22 bits per heavy atom. The SMILES string of the molecule is CC(Cl)Cl.O=S(=O)(Cl)Cl. The summed E-state index contributed by atoms with van der Waals surface area (Å²) >= 11 is 10.1. The smallest absolute Gasteiger partial charge is 0.195 e. The number of hydrogen-bond donors (Lipinski definition) is 0. The van der Waals surface area contributed by atoms with Gasteiger partial charge in [-0.1, -0.05) is 0 Å². The molecule has 0 fully saturated rings. The van der Waals surface area contributed by atoms with E-state index in [2.05, 4.69) is 21.4 Å². The van der Waals surface area contributed by atoms with Crippen LogP contribution in [0.25, 0.3) is 0 Å². The number of halogens is 4. The van der Waals surface area contributed by atoms with E-state index in [1.807, 2.05) is 0 Å². The lowest BCUT2D eigenvalue weighted by molar-refractivity contribution is 0.621. The van der Waals surface area contributed by atoms with Crippen molar-refractivity contribution in [2.24, 2.45) is 0 Å². The molecule has 0 spiro atoms. The van der Waals surface area contributed by atoms with E-state index in [0.29, 0.717) is 0 Å². The third-order valence-electron chi connectivity index (χ3n) is 0. The van der Waals surface area contributed by atoms with Crippen molar-refractivity contribution in [3.8, 4) is 0 Å². The van der Waals surface area contributed by atoms with Crippen LogP contribution in [0.15, 0.2) is 0 Å². The van der Waals surface area contributed by atoms with Crippen molar-refractivity contribution in [2.75, 3.05) is 0 Å². The van der Waals surface area contributed by atoms with Crippen molar-refractivity contribution in [1.82, 2.24) is 0 Å². The van der Waals surface area contributed by atoms with E-state index < -0.39 is 8.26 Å². The third kappa shape index (κ3) is 374. The van der Waals surface area contributed by atoms with E-state index in [9.17, 15) is 0 Å². The molecule has 0 aromatic carbocycles. The fraction of sp³-hybridized carbons (Fsp3) is 1.00. The highest BCUT2D eigenvalue weighted by Gasteiger charge is 1.88. The molecule has 0 aliphatic heterocycles. The summed E-state index contributed by atoms with van der Waals surface area (Å²) in [7, 11) is 4.81. The monoisotopic (exact) mass is 232 g/mol. The standard InChI is InChI=1S/C2H4Cl2.Cl2O2S/c1-2(3)4;1-5(2,3)4/h2H,1H3;. The van der Waals surface area contributed by atoms with Crippen LogP contribution in [0.2, 0.25) is 0 Å². The van der Waals surface area contributed by atoms with Gasteiger partial charge < -0.3 is 0 Å². The summed E-state index contributed by atoms with van der Waals surface area (Å²) in [5.74, 6) is 0. The number of hydrogen-bond acceptors (Lipinski definition) is 2. The first kappa shape index (κ1) is 12.8. The van der Waals surface area contributed by atoms with Gasteiger partial charge in [0.15, 0.2) is 0 Å². The van der Waals surface area contributed by atoms with Crippen LogP contribution in [-0.4, -0.2) is 13.3 Å². The van der Waals surface area contributed by atoms with Gasteiger partial charge in [-0.15, -0.1) is 23.2 Å². The van der Waals surface area contributed by atoms with Crippen LogP contribution >= 0.6 is 44.6 Å². The van der Waals surface area contributed by atoms with Crippen molar-refractivity contribution in [1.29, 1.82) is 0 Å². The predicted octanol–water partition coefficient (Wildman–Crippen LogP) is 2.52. The summed E-state index contributed by atoms with van der Waals surface area (Å²) < 4.78 is 18.3. The van der Waals surface area contributed by atoms with E-state index in [1.165, 1.54) is 0 Å². The van der Waals surface area contributed by atoms with Gasteiger partial charge in [-0.05, 0) is 6.92 Å². The Bertz CT molecular complexity index is 128. The molecule has 0 saturated heterocycles. The molecule has 0 aromatic heterocycles. The molecule has 0 aliphatic carbocycles. The first-order valence-corrected chi connectivity index (χ1v) is 5.66. The highest BCUT2D eigenvalue weighted by molar-refractivity contribution is 8.31. The predicted molar refractivity (Wildman–Crippen MR) is 41.8 cm³/mol. The highest BCUT2D eigenvalue weighted by atomic mass is 36.0. The fourth-order valence-corrected chi connectivity index (χ4v) is 0. The van der Waals surface area contributed by atoms with Gasteiger partial charge in [0.1, 0.15) is 4.84 Å². The van der Waals surface area contributed by atoms with Crippen molar-refractivity contribution in [3.05, 3.63) is 0 Å². The van der Waals surface area contributed by atoms with Gasteiger partial charge in [0.2, 0.25) is 0 Å². The second-order valence-electron chi connectivity index (χ2n) is 0.897. The van der Waals surface area contributed by atoms with Crippen molar-refractivity contribution < 1.29 is 8.42 Å². The van der Waals surface area contributed by atoms with Crippen LogP contribution in [0.1, 0.15) is 6.92 Å². The molecule has 0 aliphatic rings. The minimum atomic E-state index is -3.72. The Labute approximate surface area is 73.0 Å². The Morgan fingerprint density at radius 1 is 1.22 bits per heavy atom. The van der Waals surface area contributed by atoms with Gasteiger partial charge in [0, 0.05) is 21.4 Å². The van der Waals surface area contributed by atoms with Crippen LogP contribution < -0.4 is 0 Å². The lowest BCUT2D eigenvalue weighted by Gasteiger charge is -1.72. The normalized spacial score (nSPS) is 10.4. The average molecular weight is 234 g/mol. The molecular weight excluding hydrogens is 230 g/mol. The van der Waals surface area contributed by atoms with Crippen molar-refractivity contribution in [2.45, 2.75) is 11.8 Å². The maximum atomic E-state index is 9.16. The molecule has 0 atom stereocenters. The van der Waals surface area contributed by atoms with Gasteiger partial charge in [-0.2, -0.15) is 8.42 Å². The largest absolute Gasteiger partial charge is 0.317 e. The summed E-state index contributed by atoms with van der Waals surface area (Å²) in [4.78, 5) is -0.222. The van der Waals surface area contributed by atoms with Gasteiger partial charge in [0.25, 0.3) is 0 Å². The zero-order valence-electron chi connectivity index (χ0n) is 4.31. The Kier molecular flexibility index (Phi) is 8.31. The maximum absolute atomic E-state index is 9.16. The van der Waals surface area contributed by atoms with E-state index >= 15 is 0 Å². The molecule has 9 heavy (non-hydrogen) atoms. The first-order chi connectivity index (χ1) is 3.73. The molecule has 0 rings (SSSR count). The molecule has 0 amide bonds. The van der Waals surface area contributed by atoms with Gasteiger partial charge in [0.05, 0.1) is 0 Å². The molecule has 0 N–H and O–H groups in total. The molecule has 7 heteroatoms. The summed E-state index contributed by atoms with van der Waals surface area (Å²) in [5.41, 5.74) is 0. The second kappa shape index (κ2) is 5.86. The van der Waals surface area contributed by atoms with Crippen LogP contribution in [0, 0.1) is 0 Å². The van der Waals surface area contributed by atoms with E-state index in [0.717, 1.165) is 0 Å². The van der Waals surface area contributed by atoms with Crippen LogP contribution in [0.3, 0.4) is 0 Å². The van der Waals surface area contributed by atoms with Crippen LogP contribution in [0.4, 0.5) is 0 Å². The molecule has 0 saturated carbocycles. The zero-order valence-corrected chi connectivity index (χ0v) is 8.15. The molecule has 0 aromatic rings. The quantitative estimate of drug-likeness (QED) is 0.476. The second-order valence-corrected chi connectivity index (χ2v) is 6.10. The molecule has 0 heterocycles. The van der Waals surface area contributed by atoms with Gasteiger partial charge >= 0.3 is 8.26 Å². The molecule has 0 unspecified atom stereocenters. The van der Waals surface area contributed by atoms with E-state index in [4.69, 9.17) is 31.6 Å². The lowest BCUT2D eigenvalue weighted by Crippen LogP contribution is -1.63. The maximum Gasteiger partial charge on any atom is 0.317 e. The third-order valence-corrected chi connectivity index (χ3v) is 0. The Morgan fingerprint density at radius 2 is 1.22 bits per heavy atom. The minimum absolute atomic E-state index is 0.222. The first-order valence-electron chi connectivity index (χ1n) is 1.66. The zero-order chi connectivity index (χ0) is 8.08. The Hall–Kier alpha value is 1.11. The topological polar surface area (TPSA) is 34.1 Å². The van der Waals surface area contributed by atoms with E-state index in [1.54, 1.807) is 6.92 Å².